The lowest BCUT2D eigenvalue weighted by Gasteiger charge is -2.09. The van der Waals surface area contributed by atoms with Gasteiger partial charge >= 0.3 is 0 Å². The van der Waals surface area contributed by atoms with E-state index >= 15 is 0 Å². The summed E-state index contributed by atoms with van der Waals surface area (Å²) in [4.78, 5) is 0. The molecule has 0 spiro atoms. The zero-order valence-corrected chi connectivity index (χ0v) is 9.94. The minimum Gasteiger partial charge on any atom is -0.324 e. The van der Waals surface area contributed by atoms with E-state index in [0.29, 0.717) is 0 Å². The summed E-state index contributed by atoms with van der Waals surface area (Å²) >= 11 is 3.49. The van der Waals surface area contributed by atoms with Crippen molar-refractivity contribution in [2.45, 2.75) is 6.42 Å². The smallest absolute Gasteiger partial charge is 0.0485 e. The first-order valence-corrected chi connectivity index (χ1v) is 5.63. The molecule has 0 N–H and O–H groups in total. The highest BCUT2D eigenvalue weighted by Crippen LogP contribution is 2.21. The second-order valence-corrected chi connectivity index (χ2v) is 4.27. The van der Waals surface area contributed by atoms with Crippen LogP contribution in [0.1, 0.15) is 5.56 Å². The summed E-state index contributed by atoms with van der Waals surface area (Å²) in [6, 6.07) is 10.4. The molecule has 76 valence electrons. The molecule has 2 rings (SSSR count). The lowest BCUT2D eigenvalue weighted by Crippen LogP contribution is -1.96. The molecule has 0 saturated heterocycles. The monoisotopic (exact) mass is 261 g/mol. The molecule has 2 aromatic rings. The number of benzene rings is 1. The Morgan fingerprint density at radius 3 is 2.67 bits per heavy atom. The maximum atomic E-state index is 3.78. The van der Waals surface area contributed by atoms with Crippen LogP contribution in [0.2, 0.25) is 0 Å². The normalized spacial score (nSPS) is 10.2. The predicted octanol–water partition coefficient (Wildman–Crippen LogP) is 3.97. The molecular formula is C13H12BrN. The van der Waals surface area contributed by atoms with Crippen LogP contribution in [-0.2, 0) is 6.42 Å². The van der Waals surface area contributed by atoms with Crippen LogP contribution in [0.5, 0.6) is 0 Å². The maximum absolute atomic E-state index is 3.78. The SMILES string of the molecule is C=CCc1cc(Br)ccc1-n1cccc1. The molecule has 0 fully saturated rings. The van der Waals surface area contributed by atoms with Crippen molar-refractivity contribution in [1.29, 1.82) is 0 Å². The first-order chi connectivity index (χ1) is 7.31. The number of rotatable bonds is 3. The van der Waals surface area contributed by atoms with E-state index in [1.807, 2.05) is 18.2 Å². The summed E-state index contributed by atoms with van der Waals surface area (Å²) in [5, 5.41) is 0. The fraction of sp³-hybridized carbons (Fsp3) is 0.0769. The Hall–Kier alpha value is -1.28. The van der Waals surface area contributed by atoms with Crippen LogP contribution >= 0.6 is 15.9 Å². The molecule has 1 aromatic carbocycles. The molecule has 0 unspecified atom stereocenters. The van der Waals surface area contributed by atoms with Crippen molar-refractivity contribution in [2.75, 3.05) is 0 Å². The molecule has 15 heavy (non-hydrogen) atoms. The van der Waals surface area contributed by atoms with Crippen LogP contribution in [-0.4, -0.2) is 4.57 Å². The van der Waals surface area contributed by atoms with E-state index in [-0.39, 0.29) is 0 Å². The van der Waals surface area contributed by atoms with Gasteiger partial charge in [0.25, 0.3) is 0 Å². The highest BCUT2D eigenvalue weighted by atomic mass is 79.9. The molecule has 0 atom stereocenters. The molecule has 0 radical (unpaired) electrons. The molecule has 0 aliphatic rings. The Balaban J connectivity index is 2.50. The second kappa shape index (κ2) is 4.49. The number of halogens is 1. The van der Waals surface area contributed by atoms with Crippen LogP contribution in [0.15, 0.2) is 59.9 Å². The van der Waals surface area contributed by atoms with Crippen molar-refractivity contribution in [3.05, 3.63) is 65.4 Å². The molecule has 0 saturated carbocycles. The lowest BCUT2D eigenvalue weighted by molar-refractivity contribution is 1.04. The van der Waals surface area contributed by atoms with Crippen LogP contribution in [0, 0.1) is 0 Å². The molecule has 0 bridgehead atoms. The zero-order chi connectivity index (χ0) is 10.7. The second-order valence-electron chi connectivity index (χ2n) is 3.36. The van der Waals surface area contributed by atoms with Gasteiger partial charge < -0.3 is 4.57 Å². The molecule has 0 aliphatic heterocycles. The van der Waals surface area contributed by atoms with E-state index in [0.717, 1.165) is 10.9 Å². The minimum atomic E-state index is 0.882. The van der Waals surface area contributed by atoms with Crippen LogP contribution in [0.4, 0.5) is 0 Å². The molecule has 0 aliphatic carbocycles. The third kappa shape index (κ3) is 2.21. The van der Waals surface area contributed by atoms with Crippen molar-refractivity contribution in [3.8, 4) is 5.69 Å². The van der Waals surface area contributed by atoms with Crippen molar-refractivity contribution in [2.24, 2.45) is 0 Å². The van der Waals surface area contributed by atoms with Crippen LogP contribution in [0.3, 0.4) is 0 Å². The summed E-state index contributed by atoms with van der Waals surface area (Å²) in [7, 11) is 0. The van der Waals surface area contributed by atoms with Gasteiger partial charge in [-0.2, -0.15) is 0 Å². The highest BCUT2D eigenvalue weighted by Gasteiger charge is 2.02. The average Bonchev–Trinajstić information content (AvgIpc) is 2.71. The van der Waals surface area contributed by atoms with Gasteiger partial charge in [0, 0.05) is 22.6 Å². The van der Waals surface area contributed by atoms with Gasteiger partial charge in [0.15, 0.2) is 0 Å². The maximum Gasteiger partial charge on any atom is 0.0485 e. The van der Waals surface area contributed by atoms with Gasteiger partial charge in [-0.3, -0.25) is 0 Å². The molecular weight excluding hydrogens is 250 g/mol. The van der Waals surface area contributed by atoms with Crippen molar-refractivity contribution >= 4 is 15.9 Å². The number of allylic oxidation sites excluding steroid dienone is 1. The quantitative estimate of drug-likeness (QED) is 0.737. The third-order valence-corrected chi connectivity index (χ3v) is 2.78. The van der Waals surface area contributed by atoms with E-state index in [4.69, 9.17) is 0 Å². The van der Waals surface area contributed by atoms with E-state index in [1.54, 1.807) is 0 Å². The minimum absolute atomic E-state index is 0.882. The first kappa shape index (κ1) is 10.2. The lowest BCUT2D eigenvalue weighted by atomic mass is 10.1. The number of hydrogen-bond acceptors (Lipinski definition) is 0. The van der Waals surface area contributed by atoms with Gasteiger partial charge in [-0.1, -0.05) is 22.0 Å². The van der Waals surface area contributed by atoms with Gasteiger partial charge in [-0.25, -0.2) is 0 Å². The molecule has 2 heteroatoms. The Kier molecular flexibility index (Phi) is 3.07. The first-order valence-electron chi connectivity index (χ1n) is 4.84. The number of nitrogens with zero attached hydrogens (tertiary/aromatic N) is 1. The summed E-state index contributed by atoms with van der Waals surface area (Å²) in [5.74, 6) is 0. The molecule has 1 aromatic heterocycles. The van der Waals surface area contributed by atoms with Gasteiger partial charge in [-0.15, -0.1) is 6.58 Å². The Bertz CT molecular complexity index is 457. The number of hydrogen-bond donors (Lipinski definition) is 0. The topological polar surface area (TPSA) is 4.93 Å². The largest absolute Gasteiger partial charge is 0.324 e. The Labute approximate surface area is 98.2 Å². The van der Waals surface area contributed by atoms with E-state index < -0.39 is 0 Å². The van der Waals surface area contributed by atoms with Crippen LogP contribution in [0.25, 0.3) is 5.69 Å². The summed E-state index contributed by atoms with van der Waals surface area (Å²) in [5.41, 5.74) is 2.48. The zero-order valence-electron chi connectivity index (χ0n) is 8.36. The van der Waals surface area contributed by atoms with Crippen molar-refractivity contribution in [3.63, 3.8) is 0 Å². The summed E-state index contributed by atoms with van der Waals surface area (Å²) in [6.45, 7) is 3.78. The Morgan fingerprint density at radius 1 is 1.27 bits per heavy atom. The summed E-state index contributed by atoms with van der Waals surface area (Å²) < 4.78 is 3.22. The molecule has 1 heterocycles. The van der Waals surface area contributed by atoms with Crippen molar-refractivity contribution < 1.29 is 0 Å². The Morgan fingerprint density at radius 2 is 2.00 bits per heavy atom. The third-order valence-electron chi connectivity index (χ3n) is 2.29. The van der Waals surface area contributed by atoms with Gasteiger partial charge in [0.05, 0.1) is 0 Å². The average molecular weight is 262 g/mol. The van der Waals surface area contributed by atoms with Gasteiger partial charge in [0.1, 0.15) is 0 Å². The molecule has 1 nitrogen and oxygen atoms in total. The fourth-order valence-electron chi connectivity index (χ4n) is 1.62. The van der Waals surface area contributed by atoms with E-state index in [1.165, 1.54) is 11.3 Å². The van der Waals surface area contributed by atoms with Gasteiger partial charge in [-0.05, 0) is 42.3 Å². The highest BCUT2D eigenvalue weighted by molar-refractivity contribution is 9.10. The summed E-state index contributed by atoms with van der Waals surface area (Å²) in [6.07, 6.45) is 6.91. The van der Waals surface area contributed by atoms with E-state index in [2.05, 4.69) is 57.7 Å². The van der Waals surface area contributed by atoms with E-state index in [9.17, 15) is 0 Å². The number of aromatic nitrogens is 1. The van der Waals surface area contributed by atoms with Crippen LogP contribution < -0.4 is 0 Å². The van der Waals surface area contributed by atoms with Gasteiger partial charge in [0.2, 0.25) is 0 Å². The predicted molar refractivity (Wildman–Crippen MR) is 67.4 cm³/mol. The standard InChI is InChI=1S/C13H12BrN/c1-2-5-11-10-12(14)6-7-13(11)15-8-3-4-9-15/h2-4,6-10H,1,5H2. The van der Waals surface area contributed by atoms with Crippen molar-refractivity contribution in [1.82, 2.24) is 4.57 Å². The molecule has 0 amide bonds. The fourth-order valence-corrected chi connectivity index (χ4v) is 2.03.